The van der Waals surface area contributed by atoms with Crippen molar-refractivity contribution in [1.29, 1.82) is 0 Å². The van der Waals surface area contributed by atoms with Crippen molar-refractivity contribution in [2.45, 2.75) is 19.1 Å². The van der Waals surface area contributed by atoms with Crippen LogP contribution in [0, 0.1) is 10.1 Å². The van der Waals surface area contributed by atoms with Crippen LogP contribution in [0.3, 0.4) is 0 Å². The van der Waals surface area contributed by atoms with E-state index in [4.69, 9.17) is 14.2 Å². The zero-order chi connectivity index (χ0) is 22.1. The number of nitro groups is 1. The number of carbonyl (C=O) groups is 1. The molecule has 0 unspecified atom stereocenters. The van der Waals surface area contributed by atoms with Gasteiger partial charge >= 0.3 is 0 Å². The van der Waals surface area contributed by atoms with Crippen molar-refractivity contribution in [1.82, 2.24) is 9.80 Å². The first kappa shape index (κ1) is 20.5. The number of hydrogen-bond donors (Lipinski definition) is 1. The second kappa shape index (κ2) is 8.64. The van der Waals surface area contributed by atoms with Gasteiger partial charge in [-0.1, -0.05) is 6.07 Å². The van der Waals surface area contributed by atoms with Gasteiger partial charge in [0.15, 0.2) is 23.4 Å². The van der Waals surface area contributed by atoms with Crippen LogP contribution in [0.1, 0.15) is 12.0 Å². The minimum atomic E-state index is -0.656. The highest BCUT2D eigenvalue weighted by Crippen LogP contribution is 2.34. The topological polar surface area (TPSA) is 106 Å². The van der Waals surface area contributed by atoms with E-state index < -0.39 is 11.0 Å². The van der Waals surface area contributed by atoms with Crippen molar-refractivity contribution in [3.8, 4) is 17.2 Å². The molecule has 0 radical (unpaired) electrons. The summed E-state index contributed by atoms with van der Waals surface area (Å²) in [5.41, 5.74) is 1.61. The molecule has 0 aliphatic carbocycles. The third kappa shape index (κ3) is 4.32. The molecule has 0 spiro atoms. The van der Waals surface area contributed by atoms with Gasteiger partial charge in [-0.15, -0.1) is 0 Å². The van der Waals surface area contributed by atoms with E-state index in [1.54, 1.807) is 0 Å². The summed E-state index contributed by atoms with van der Waals surface area (Å²) in [6.45, 7) is 5.53. The first-order valence-electron chi connectivity index (χ1n) is 10.6. The van der Waals surface area contributed by atoms with Gasteiger partial charge in [0.1, 0.15) is 0 Å². The number of rotatable bonds is 6. The molecule has 1 N–H and O–H groups in total. The Morgan fingerprint density at radius 3 is 2.59 bits per heavy atom. The van der Waals surface area contributed by atoms with Gasteiger partial charge in [-0.2, -0.15) is 0 Å². The summed E-state index contributed by atoms with van der Waals surface area (Å²) in [4.78, 5) is 27.6. The second-order valence-corrected chi connectivity index (χ2v) is 8.13. The summed E-state index contributed by atoms with van der Waals surface area (Å²) in [5.74, 6) is 1.73. The standard InChI is InChI=1S/C22H24N4O6/c27-22-19(32-20-12-16(26(28)29)2-3-17(20)23-22)5-6-24-7-9-25(10-8-24)13-15-1-4-18-21(11-15)31-14-30-18/h1-4,11-12,19H,5-10,13-14H2,(H,23,27)/t19-/m0/s1. The molecule has 0 aromatic heterocycles. The number of piperazine rings is 1. The van der Waals surface area contributed by atoms with E-state index in [0.29, 0.717) is 17.9 Å². The van der Waals surface area contributed by atoms with Gasteiger partial charge in [-0.25, -0.2) is 0 Å². The van der Waals surface area contributed by atoms with Gasteiger partial charge in [0.05, 0.1) is 16.7 Å². The van der Waals surface area contributed by atoms with Gasteiger partial charge in [0.2, 0.25) is 6.79 Å². The molecule has 3 heterocycles. The molecule has 10 heteroatoms. The average molecular weight is 440 g/mol. The van der Waals surface area contributed by atoms with E-state index in [0.717, 1.165) is 50.8 Å². The van der Waals surface area contributed by atoms with Crippen LogP contribution in [0.25, 0.3) is 0 Å². The predicted molar refractivity (Wildman–Crippen MR) is 115 cm³/mol. The fourth-order valence-corrected chi connectivity index (χ4v) is 4.20. The number of nitrogens with zero attached hydrogens (tertiary/aromatic N) is 3. The number of benzene rings is 2. The number of non-ortho nitro benzene ring substituents is 1. The lowest BCUT2D eigenvalue weighted by atomic mass is 10.1. The SMILES string of the molecule is O=C1Nc2ccc([N+](=O)[O-])cc2O[C@H]1CCN1CCN(Cc2ccc3c(c2)OCO3)CC1. The van der Waals surface area contributed by atoms with Gasteiger partial charge < -0.3 is 24.4 Å². The van der Waals surface area contributed by atoms with Gasteiger partial charge in [-0.3, -0.25) is 19.8 Å². The monoisotopic (exact) mass is 440 g/mol. The number of fused-ring (bicyclic) bond motifs is 2. The first-order chi connectivity index (χ1) is 15.5. The molecular weight excluding hydrogens is 416 g/mol. The molecule has 1 saturated heterocycles. The highest BCUT2D eigenvalue weighted by atomic mass is 16.7. The van der Waals surface area contributed by atoms with Crippen molar-refractivity contribution in [3.63, 3.8) is 0 Å². The van der Waals surface area contributed by atoms with Crippen LogP contribution in [-0.2, 0) is 11.3 Å². The van der Waals surface area contributed by atoms with E-state index in [-0.39, 0.29) is 18.4 Å². The lowest BCUT2D eigenvalue weighted by Crippen LogP contribution is -2.47. The highest BCUT2D eigenvalue weighted by Gasteiger charge is 2.30. The molecule has 3 aliphatic heterocycles. The number of hydrogen-bond acceptors (Lipinski definition) is 8. The summed E-state index contributed by atoms with van der Waals surface area (Å²) in [6, 6.07) is 10.3. The first-order valence-corrected chi connectivity index (χ1v) is 10.6. The third-order valence-corrected chi connectivity index (χ3v) is 6.01. The van der Waals surface area contributed by atoms with Crippen LogP contribution in [0.5, 0.6) is 17.2 Å². The summed E-state index contributed by atoms with van der Waals surface area (Å²) in [5, 5.41) is 13.8. The number of nitro benzene ring substituents is 1. The Hall–Kier alpha value is -3.37. The Kier molecular flexibility index (Phi) is 5.54. The quantitative estimate of drug-likeness (QED) is 0.538. The molecule has 0 saturated carbocycles. The van der Waals surface area contributed by atoms with Gasteiger partial charge in [0.25, 0.3) is 11.6 Å². The normalized spacial score (nSPS) is 20.4. The zero-order valence-corrected chi connectivity index (χ0v) is 17.5. The Morgan fingerprint density at radius 1 is 1.00 bits per heavy atom. The molecule has 1 fully saturated rings. The van der Waals surface area contributed by atoms with Crippen LogP contribution in [0.2, 0.25) is 0 Å². The summed E-state index contributed by atoms with van der Waals surface area (Å²) in [6.07, 6.45) is -0.132. The maximum absolute atomic E-state index is 12.4. The molecule has 2 aromatic carbocycles. The molecule has 5 rings (SSSR count). The van der Waals surface area contributed by atoms with Crippen LogP contribution in [0.15, 0.2) is 36.4 Å². The van der Waals surface area contributed by atoms with E-state index in [9.17, 15) is 14.9 Å². The van der Waals surface area contributed by atoms with Crippen molar-refractivity contribution >= 4 is 17.3 Å². The maximum atomic E-state index is 12.4. The Labute approximate surface area is 184 Å². The minimum Gasteiger partial charge on any atom is -0.478 e. The molecule has 0 bridgehead atoms. The van der Waals surface area contributed by atoms with Crippen molar-refractivity contribution in [2.75, 3.05) is 44.8 Å². The Bertz CT molecular complexity index is 1040. The highest BCUT2D eigenvalue weighted by molar-refractivity contribution is 5.97. The summed E-state index contributed by atoms with van der Waals surface area (Å²) < 4.78 is 16.6. The zero-order valence-electron chi connectivity index (χ0n) is 17.5. The lowest BCUT2D eigenvalue weighted by molar-refractivity contribution is -0.384. The van der Waals surface area contributed by atoms with Crippen LogP contribution in [-0.4, -0.2) is 66.3 Å². The van der Waals surface area contributed by atoms with E-state index in [1.165, 1.54) is 23.8 Å². The summed E-state index contributed by atoms with van der Waals surface area (Å²) in [7, 11) is 0. The van der Waals surface area contributed by atoms with Crippen LogP contribution < -0.4 is 19.5 Å². The van der Waals surface area contributed by atoms with Crippen molar-refractivity contribution < 1.29 is 23.9 Å². The number of anilines is 1. The lowest BCUT2D eigenvalue weighted by Gasteiger charge is -2.35. The van der Waals surface area contributed by atoms with Gasteiger partial charge in [0, 0.05) is 51.8 Å². The number of carbonyl (C=O) groups excluding carboxylic acids is 1. The van der Waals surface area contributed by atoms with E-state index >= 15 is 0 Å². The molecule has 168 valence electrons. The van der Waals surface area contributed by atoms with Crippen LogP contribution in [0.4, 0.5) is 11.4 Å². The van der Waals surface area contributed by atoms with Crippen LogP contribution >= 0.6 is 0 Å². The van der Waals surface area contributed by atoms with Crippen molar-refractivity contribution in [2.24, 2.45) is 0 Å². The smallest absolute Gasteiger partial charge is 0.273 e. The number of amides is 1. The summed E-state index contributed by atoms with van der Waals surface area (Å²) >= 11 is 0. The second-order valence-electron chi connectivity index (χ2n) is 8.13. The fourth-order valence-electron chi connectivity index (χ4n) is 4.20. The fraction of sp³-hybridized carbons (Fsp3) is 0.409. The largest absolute Gasteiger partial charge is 0.478 e. The molecule has 1 amide bonds. The van der Waals surface area contributed by atoms with E-state index in [1.807, 2.05) is 12.1 Å². The minimum absolute atomic E-state index is 0.0581. The number of ether oxygens (including phenoxy) is 3. The molecule has 10 nitrogen and oxygen atoms in total. The van der Waals surface area contributed by atoms with E-state index in [2.05, 4.69) is 21.2 Å². The third-order valence-electron chi connectivity index (χ3n) is 6.01. The average Bonchev–Trinajstić information content (AvgIpc) is 3.26. The molecule has 32 heavy (non-hydrogen) atoms. The molecular formula is C22H24N4O6. The molecule has 2 aromatic rings. The predicted octanol–water partition coefficient (Wildman–Crippen LogP) is 2.23. The molecule has 3 aliphatic rings. The van der Waals surface area contributed by atoms with Gasteiger partial charge in [-0.05, 0) is 23.8 Å². The maximum Gasteiger partial charge on any atom is 0.273 e. The molecule has 1 atom stereocenters. The number of nitrogens with one attached hydrogen (secondary N) is 1. The van der Waals surface area contributed by atoms with Crippen molar-refractivity contribution in [3.05, 3.63) is 52.1 Å². The Morgan fingerprint density at radius 2 is 1.78 bits per heavy atom. The Balaban J connectivity index is 1.11.